The third-order valence-electron chi connectivity index (χ3n) is 4.15. The minimum atomic E-state index is -0.280. The van der Waals surface area contributed by atoms with E-state index in [4.69, 9.17) is 4.74 Å². The first kappa shape index (κ1) is 13.8. The van der Waals surface area contributed by atoms with Crippen molar-refractivity contribution in [2.45, 2.75) is 37.9 Å². The summed E-state index contributed by atoms with van der Waals surface area (Å²) in [5.41, 5.74) is 0. The third-order valence-corrected chi connectivity index (χ3v) is 4.15. The van der Waals surface area contributed by atoms with Crippen LogP contribution in [0, 0.1) is 5.82 Å². The van der Waals surface area contributed by atoms with Crippen molar-refractivity contribution in [3.8, 4) is 0 Å². The monoisotopic (exact) mass is 279 g/mol. The van der Waals surface area contributed by atoms with Gasteiger partial charge in [0, 0.05) is 13.1 Å². The lowest BCUT2D eigenvalue weighted by atomic mass is 10.1. The van der Waals surface area contributed by atoms with Gasteiger partial charge in [-0.15, -0.1) is 0 Å². The molecule has 2 aliphatic rings. The number of nitrogens with one attached hydrogen (secondary N) is 1. The van der Waals surface area contributed by atoms with E-state index in [2.05, 4.69) is 15.2 Å². The Morgan fingerprint density at radius 1 is 1.10 bits per heavy atom. The molecule has 2 aliphatic heterocycles. The SMILES string of the molecule is Fc1ccc(N2CCC(OC3CCNCC3)CC2)nc1. The Balaban J connectivity index is 1.47. The van der Waals surface area contributed by atoms with E-state index in [0.717, 1.165) is 57.7 Å². The maximum absolute atomic E-state index is 12.9. The molecule has 5 heteroatoms. The van der Waals surface area contributed by atoms with Crippen LogP contribution < -0.4 is 10.2 Å². The van der Waals surface area contributed by atoms with Crippen LogP contribution in [0.25, 0.3) is 0 Å². The molecule has 1 aromatic rings. The summed E-state index contributed by atoms with van der Waals surface area (Å²) in [6.07, 6.45) is 6.39. The van der Waals surface area contributed by atoms with E-state index < -0.39 is 0 Å². The highest BCUT2D eigenvalue weighted by molar-refractivity contribution is 5.38. The summed E-state index contributed by atoms with van der Waals surface area (Å²) < 4.78 is 19.1. The molecule has 20 heavy (non-hydrogen) atoms. The fourth-order valence-corrected chi connectivity index (χ4v) is 2.98. The van der Waals surface area contributed by atoms with Crippen molar-refractivity contribution in [2.75, 3.05) is 31.1 Å². The second-order valence-electron chi connectivity index (χ2n) is 5.61. The number of hydrogen-bond donors (Lipinski definition) is 1. The second-order valence-corrected chi connectivity index (χ2v) is 5.61. The van der Waals surface area contributed by atoms with Gasteiger partial charge in [0.25, 0.3) is 0 Å². The third kappa shape index (κ3) is 3.46. The zero-order chi connectivity index (χ0) is 13.8. The highest BCUT2D eigenvalue weighted by Gasteiger charge is 2.24. The van der Waals surface area contributed by atoms with E-state index in [0.29, 0.717) is 12.2 Å². The Labute approximate surface area is 119 Å². The normalized spacial score (nSPS) is 22.1. The van der Waals surface area contributed by atoms with Gasteiger partial charge in [-0.1, -0.05) is 0 Å². The molecule has 0 radical (unpaired) electrons. The average Bonchev–Trinajstić information content (AvgIpc) is 2.50. The van der Waals surface area contributed by atoms with Crippen LogP contribution in [0.4, 0.5) is 10.2 Å². The standard InChI is InChI=1S/C15H22FN3O/c16-12-1-2-15(18-11-12)19-9-5-14(6-10-19)20-13-3-7-17-8-4-13/h1-2,11,13-14,17H,3-10H2. The summed E-state index contributed by atoms with van der Waals surface area (Å²) >= 11 is 0. The highest BCUT2D eigenvalue weighted by atomic mass is 19.1. The van der Waals surface area contributed by atoms with Gasteiger partial charge in [-0.2, -0.15) is 0 Å². The van der Waals surface area contributed by atoms with Crippen LogP contribution in [0.2, 0.25) is 0 Å². The molecule has 0 amide bonds. The molecule has 110 valence electrons. The fourth-order valence-electron chi connectivity index (χ4n) is 2.98. The molecule has 0 saturated carbocycles. The zero-order valence-corrected chi connectivity index (χ0v) is 11.7. The van der Waals surface area contributed by atoms with Crippen LogP contribution >= 0.6 is 0 Å². The smallest absolute Gasteiger partial charge is 0.141 e. The molecule has 2 fully saturated rings. The number of halogens is 1. The summed E-state index contributed by atoms with van der Waals surface area (Å²) in [6, 6.07) is 3.23. The molecule has 2 saturated heterocycles. The minimum Gasteiger partial charge on any atom is -0.375 e. The highest BCUT2D eigenvalue weighted by Crippen LogP contribution is 2.22. The Kier molecular flexibility index (Phi) is 4.47. The lowest BCUT2D eigenvalue weighted by Crippen LogP contribution is -2.41. The van der Waals surface area contributed by atoms with Crippen molar-refractivity contribution >= 4 is 5.82 Å². The molecule has 0 aromatic carbocycles. The predicted octanol–water partition coefficient (Wildman–Crippen LogP) is 1.96. The molecule has 3 rings (SSSR count). The Hall–Kier alpha value is -1.20. The van der Waals surface area contributed by atoms with E-state index in [-0.39, 0.29) is 5.82 Å². The maximum Gasteiger partial charge on any atom is 0.141 e. The van der Waals surface area contributed by atoms with E-state index in [1.807, 2.05) is 0 Å². The second kappa shape index (κ2) is 6.50. The molecular formula is C15H22FN3O. The number of aromatic nitrogens is 1. The summed E-state index contributed by atoms with van der Waals surface area (Å²) in [7, 11) is 0. The molecule has 0 atom stereocenters. The van der Waals surface area contributed by atoms with E-state index in [1.165, 1.54) is 12.3 Å². The lowest BCUT2D eigenvalue weighted by Gasteiger charge is -2.35. The van der Waals surface area contributed by atoms with Gasteiger partial charge in [0.05, 0.1) is 18.4 Å². The lowest BCUT2D eigenvalue weighted by molar-refractivity contribution is -0.0364. The Bertz CT molecular complexity index is 412. The number of nitrogens with zero attached hydrogens (tertiary/aromatic N) is 2. The fraction of sp³-hybridized carbons (Fsp3) is 0.667. The van der Waals surface area contributed by atoms with Crippen molar-refractivity contribution in [3.63, 3.8) is 0 Å². The first-order valence-corrected chi connectivity index (χ1v) is 7.54. The van der Waals surface area contributed by atoms with Crippen LogP contribution in [0.15, 0.2) is 18.3 Å². The number of pyridine rings is 1. The summed E-state index contributed by atoms with van der Waals surface area (Å²) in [5, 5.41) is 3.36. The predicted molar refractivity (Wildman–Crippen MR) is 76.4 cm³/mol. The molecule has 0 unspecified atom stereocenters. The van der Waals surface area contributed by atoms with Gasteiger partial charge in [0.15, 0.2) is 0 Å². The number of hydrogen-bond acceptors (Lipinski definition) is 4. The van der Waals surface area contributed by atoms with Crippen molar-refractivity contribution < 1.29 is 9.13 Å². The first-order valence-electron chi connectivity index (χ1n) is 7.54. The molecule has 1 N–H and O–H groups in total. The Morgan fingerprint density at radius 3 is 2.45 bits per heavy atom. The van der Waals surface area contributed by atoms with Gasteiger partial charge in [-0.05, 0) is 50.9 Å². The van der Waals surface area contributed by atoms with E-state index >= 15 is 0 Å². The molecule has 0 bridgehead atoms. The molecule has 0 spiro atoms. The molecule has 3 heterocycles. The number of rotatable bonds is 3. The summed E-state index contributed by atoms with van der Waals surface area (Å²) in [5.74, 6) is 0.588. The minimum absolute atomic E-state index is 0.280. The number of ether oxygens (including phenoxy) is 1. The zero-order valence-electron chi connectivity index (χ0n) is 11.7. The average molecular weight is 279 g/mol. The van der Waals surface area contributed by atoms with E-state index in [1.54, 1.807) is 6.07 Å². The molecule has 1 aromatic heterocycles. The number of piperidine rings is 2. The molecule has 4 nitrogen and oxygen atoms in total. The first-order chi connectivity index (χ1) is 9.81. The van der Waals surface area contributed by atoms with Crippen molar-refractivity contribution in [2.24, 2.45) is 0 Å². The quantitative estimate of drug-likeness (QED) is 0.918. The number of anilines is 1. The van der Waals surface area contributed by atoms with Gasteiger partial charge in [0.2, 0.25) is 0 Å². The van der Waals surface area contributed by atoms with Crippen molar-refractivity contribution in [3.05, 3.63) is 24.1 Å². The van der Waals surface area contributed by atoms with Crippen LogP contribution in [0.3, 0.4) is 0 Å². The van der Waals surface area contributed by atoms with Gasteiger partial charge in [-0.25, -0.2) is 9.37 Å². The van der Waals surface area contributed by atoms with Crippen LogP contribution in [-0.2, 0) is 4.74 Å². The van der Waals surface area contributed by atoms with Crippen LogP contribution in [0.1, 0.15) is 25.7 Å². The van der Waals surface area contributed by atoms with Crippen LogP contribution in [-0.4, -0.2) is 43.4 Å². The summed E-state index contributed by atoms with van der Waals surface area (Å²) in [6.45, 7) is 4.02. The summed E-state index contributed by atoms with van der Waals surface area (Å²) in [4.78, 5) is 6.35. The van der Waals surface area contributed by atoms with Gasteiger partial charge in [0.1, 0.15) is 11.6 Å². The Morgan fingerprint density at radius 2 is 1.80 bits per heavy atom. The van der Waals surface area contributed by atoms with Crippen molar-refractivity contribution in [1.82, 2.24) is 10.3 Å². The molecular weight excluding hydrogens is 257 g/mol. The molecule has 0 aliphatic carbocycles. The van der Waals surface area contributed by atoms with Crippen molar-refractivity contribution in [1.29, 1.82) is 0 Å². The van der Waals surface area contributed by atoms with Gasteiger partial charge < -0.3 is 15.0 Å². The largest absolute Gasteiger partial charge is 0.375 e. The van der Waals surface area contributed by atoms with Gasteiger partial charge >= 0.3 is 0 Å². The van der Waals surface area contributed by atoms with E-state index in [9.17, 15) is 4.39 Å². The van der Waals surface area contributed by atoms with Crippen LogP contribution in [0.5, 0.6) is 0 Å². The van der Waals surface area contributed by atoms with Gasteiger partial charge in [-0.3, -0.25) is 0 Å². The topological polar surface area (TPSA) is 37.4 Å². The maximum atomic E-state index is 12.9.